The minimum absolute atomic E-state index is 0.00245. The lowest BCUT2D eigenvalue weighted by molar-refractivity contribution is -0.130. The maximum absolute atomic E-state index is 14.7. The number of nitrogens with two attached hydrogens (primary N) is 1. The molecule has 0 radical (unpaired) electrons. The first-order valence-electron chi connectivity index (χ1n) is 23.7. The lowest BCUT2D eigenvalue weighted by Crippen LogP contribution is -2.59. The summed E-state index contributed by atoms with van der Waals surface area (Å²) in [5.74, 6) is -1.49. The van der Waals surface area contributed by atoms with Crippen LogP contribution in [0.25, 0.3) is 0 Å². The predicted octanol–water partition coefficient (Wildman–Crippen LogP) is 5.71. The van der Waals surface area contributed by atoms with Crippen LogP contribution in [0, 0.1) is 12.8 Å². The number of amides is 3. The van der Waals surface area contributed by atoms with E-state index >= 15 is 0 Å². The number of aryl methyl sites for hydroxylation is 1. The number of ether oxygens (including phenoxy) is 2. The van der Waals surface area contributed by atoms with Crippen molar-refractivity contribution in [3.05, 3.63) is 115 Å². The Kier molecular flexibility index (Phi) is 17.5. The van der Waals surface area contributed by atoms with Crippen molar-refractivity contribution in [2.75, 3.05) is 13.2 Å². The van der Waals surface area contributed by atoms with E-state index in [1.165, 1.54) is 10.8 Å². The molecule has 1 aromatic heterocycles. The van der Waals surface area contributed by atoms with Crippen LogP contribution in [0.3, 0.4) is 0 Å². The van der Waals surface area contributed by atoms with Gasteiger partial charge < -0.3 is 40.0 Å². The summed E-state index contributed by atoms with van der Waals surface area (Å²) in [4.78, 5) is 69.0. The quantitative estimate of drug-likeness (QED) is 0.0640. The highest BCUT2D eigenvalue weighted by atomic mass is 32.2. The number of aromatic nitrogens is 2. The van der Waals surface area contributed by atoms with Gasteiger partial charge in [0.15, 0.2) is 28.5 Å². The molecule has 386 valence electrons. The maximum atomic E-state index is 14.7. The van der Waals surface area contributed by atoms with Gasteiger partial charge in [-0.1, -0.05) is 116 Å². The van der Waals surface area contributed by atoms with Crippen LogP contribution in [0.1, 0.15) is 84.7 Å². The summed E-state index contributed by atoms with van der Waals surface area (Å²) >= 11 is 0. The fourth-order valence-corrected chi connectivity index (χ4v) is 11.2. The van der Waals surface area contributed by atoms with E-state index in [2.05, 4.69) is 36.7 Å². The predicted molar refractivity (Wildman–Crippen MR) is 272 cm³/mol. The Balaban J connectivity index is 1.40. The zero-order valence-corrected chi connectivity index (χ0v) is 45.7. The van der Waals surface area contributed by atoms with Gasteiger partial charge in [0.25, 0.3) is 15.7 Å². The molecule has 5 rings (SSSR count). The first-order valence-corrected chi connectivity index (χ1v) is 31.0. The average Bonchev–Trinajstić information content (AvgIpc) is 3.70. The SMILES string of the molecule is Cc1cn([C@@H]2O[C@H](CO[Si](C)(C)C(C)(C)C)[C@@]3(OS(=O)(=O)C=C3N)[C@H]2O[Si](C)(C)C(C)(C)C)c(=O)n(CCCNC(=O)[C@H](Cc2ccccc2)NC(=O)[C@@H](NC(=O)OCc2ccccc2)C(C)C)c1=O. The van der Waals surface area contributed by atoms with Crippen molar-refractivity contribution in [3.8, 4) is 0 Å². The molecule has 0 saturated carbocycles. The summed E-state index contributed by atoms with van der Waals surface area (Å²) in [6.07, 6.45) is -2.99. The molecule has 18 nitrogen and oxygen atoms in total. The van der Waals surface area contributed by atoms with Gasteiger partial charge in [-0.25, -0.2) is 13.8 Å². The summed E-state index contributed by atoms with van der Waals surface area (Å²) in [7, 11) is -9.68. The smallest absolute Gasteiger partial charge is 0.408 e. The Labute approximate surface area is 414 Å². The summed E-state index contributed by atoms with van der Waals surface area (Å²) in [5.41, 5.74) is 4.95. The molecule has 1 fully saturated rings. The minimum Gasteiger partial charge on any atom is -0.445 e. The van der Waals surface area contributed by atoms with Crippen LogP contribution in [0.2, 0.25) is 36.3 Å². The van der Waals surface area contributed by atoms with Crippen LogP contribution >= 0.6 is 0 Å². The summed E-state index contributed by atoms with van der Waals surface area (Å²) in [5, 5.41) is 8.52. The average molecular weight is 1030 g/mol. The summed E-state index contributed by atoms with van der Waals surface area (Å²) in [6, 6.07) is 16.1. The van der Waals surface area contributed by atoms with Crippen molar-refractivity contribution in [2.45, 2.75) is 161 Å². The molecule has 1 saturated heterocycles. The van der Waals surface area contributed by atoms with Crippen molar-refractivity contribution in [2.24, 2.45) is 11.7 Å². The van der Waals surface area contributed by atoms with Crippen molar-refractivity contribution >= 4 is 44.7 Å². The number of nitrogens with one attached hydrogen (secondary N) is 3. The molecule has 3 heterocycles. The highest BCUT2D eigenvalue weighted by Gasteiger charge is 2.67. The van der Waals surface area contributed by atoms with Gasteiger partial charge in [0.05, 0.1) is 17.7 Å². The Hall–Kier alpha value is -4.91. The van der Waals surface area contributed by atoms with Crippen molar-refractivity contribution < 1.29 is 45.3 Å². The standard InChI is InChI=1S/C49H74N6O12SSi2/c1-32(2)39(53-45(59)63-29-35-23-18-15-19-24-35)42(57)52-36(27-34-21-16-14-17-22-34)41(56)51-25-20-26-54-43(58)33(3)28-55(46(54)60)44-40(66-70(12,13)48(7,8)9)49(37(50)31-68(61,62)67-49)38(65-44)30-64-69(10,11)47(4,5)6/h14-19,21-24,28,31-32,36,38-40,44H,20,25-27,29-30,50H2,1-13H3,(H,51,56)(H,52,57)(H,53,59)/t36-,38+,39-,40-,44+,49+/m0/s1. The number of carbonyl (C=O) groups excluding carboxylic acids is 3. The fourth-order valence-electron chi connectivity index (χ4n) is 7.67. The molecule has 0 unspecified atom stereocenters. The molecule has 2 aromatic carbocycles. The fraction of sp³-hybridized carbons (Fsp3) is 0.571. The van der Waals surface area contributed by atoms with E-state index in [1.54, 1.807) is 20.8 Å². The summed E-state index contributed by atoms with van der Waals surface area (Å²) < 4.78 is 60.6. The van der Waals surface area contributed by atoms with E-state index < -0.39 is 97.1 Å². The molecule has 6 atom stereocenters. The number of alkyl carbamates (subject to hydrolysis) is 1. The van der Waals surface area contributed by atoms with Gasteiger partial charge in [-0.3, -0.25) is 23.5 Å². The Bertz CT molecular complexity index is 2610. The van der Waals surface area contributed by atoms with E-state index in [0.29, 0.717) is 0 Å². The largest absolute Gasteiger partial charge is 0.445 e. The Morgan fingerprint density at radius 2 is 1.46 bits per heavy atom. The zero-order valence-electron chi connectivity index (χ0n) is 42.9. The van der Waals surface area contributed by atoms with Crippen LogP contribution < -0.4 is 32.9 Å². The molecular formula is C49H74N6O12SSi2. The summed E-state index contributed by atoms with van der Waals surface area (Å²) in [6.45, 7) is 25.1. The Morgan fingerprint density at radius 1 is 0.871 bits per heavy atom. The minimum atomic E-state index is -4.34. The Morgan fingerprint density at radius 3 is 2.00 bits per heavy atom. The van der Waals surface area contributed by atoms with E-state index in [4.69, 9.17) is 28.2 Å². The third-order valence-corrected chi connectivity index (χ3v) is 23.9. The van der Waals surface area contributed by atoms with Crippen LogP contribution in [0.5, 0.6) is 0 Å². The first kappa shape index (κ1) is 56.0. The van der Waals surface area contributed by atoms with E-state index in [-0.39, 0.29) is 61.4 Å². The van der Waals surface area contributed by atoms with Gasteiger partial charge in [-0.15, -0.1) is 0 Å². The third kappa shape index (κ3) is 12.9. The molecule has 0 bridgehead atoms. The zero-order chi connectivity index (χ0) is 52.2. The van der Waals surface area contributed by atoms with E-state index in [1.807, 2.05) is 108 Å². The van der Waals surface area contributed by atoms with Crippen LogP contribution in [-0.4, -0.2) is 95.1 Å². The second-order valence-corrected chi connectivity index (χ2v) is 32.6. The monoisotopic (exact) mass is 1030 g/mol. The van der Waals surface area contributed by atoms with E-state index in [9.17, 15) is 32.4 Å². The van der Waals surface area contributed by atoms with Crippen molar-refractivity contribution in [1.82, 2.24) is 25.1 Å². The van der Waals surface area contributed by atoms with Gasteiger partial charge in [0.1, 0.15) is 30.9 Å². The van der Waals surface area contributed by atoms with Gasteiger partial charge in [0.2, 0.25) is 11.8 Å². The highest BCUT2D eigenvalue weighted by molar-refractivity contribution is 7.90. The van der Waals surface area contributed by atoms with Crippen molar-refractivity contribution in [1.29, 1.82) is 0 Å². The lowest BCUT2D eigenvalue weighted by Gasteiger charge is -2.43. The van der Waals surface area contributed by atoms with Gasteiger partial charge >= 0.3 is 11.8 Å². The van der Waals surface area contributed by atoms with Crippen molar-refractivity contribution in [3.63, 3.8) is 0 Å². The number of hydrogen-bond donors (Lipinski definition) is 4. The van der Waals surface area contributed by atoms with Gasteiger partial charge in [0, 0.05) is 31.3 Å². The number of hydrogen-bond acceptors (Lipinski definition) is 13. The molecule has 3 aromatic rings. The molecule has 0 aliphatic carbocycles. The number of benzene rings is 2. The molecule has 5 N–H and O–H groups in total. The lowest BCUT2D eigenvalue weighted by atomic mass is 9.89. The molecule has 3 amide bonds. The molecular weight excluding hydrogens is 953 g/mol. The van der Waals surface area contributed by atoms with Crippen LogP contribution in [0.15, 0.2) is 87.6 Å². The molecule has 2 aliphatic heterocycles. The number of nitrogens with zero attached hydrogens (tertiary/aromatic N) is 2. The van der Waals surface area contributed by atoms with Gasteiger partial charge in [-0.05, 0) is 66.7 Å². The molecule has 2 aliphatic rings. The van der Waals surface area contributed by atoms with E-state index in [0.717, 1.165) is 21.1 Å². The molecule has 21 heteroatoms. The first-order chi connectivity index (χ1) is 32.4. The number of rotatable bonds is 19. The number of carbonyl (C=O) groups is 3. The topological polar surface area (TPSA) is 238 Å². The maximum Gasteiger partial charge on any atom is 0.408 e. The highest BCUT2D eigenvalue weighted by Crippen LogP contribution is 2.52. The molecule has 1 spiro atoms. The van der Waals surface area contributed by atoms with Gasteiger partial charge in [-0.2, -0.15) is 8.42 Å². The normalized spacial score (nSPS) is 21.3. The second kappa shape index (κ2) is 21.8. The molecule has 70 heavy (non-hydrogen) atoms. The van der Waals surface area contributed by atoms with Crippen LogP contribution in [-0.2, 0) is 61.8 Å². The van der Waals surface area contributed by atoms with Crippen LogP contribution in [0.4, 0.5) is 4.79 Å². The third-order valence-electron chi connectivity index (χ3n) is 13.9. The second-order valence-electron chi connectivity index (χ2n) is 21.6.